The van der Waals surface area contributed by atoms with Crippen molar-refractivity contribution >= 4 is 52.2 Å². The van der Waals surface area contributed by atoms with Crippen LogP contribution in [0.1, 0.15) is 22.3 Å². The number of nitrogens with zero attached hydrogens (tertiary/aromatic N) is 1. The third-order valence-electron chi connectivity index (χ3n) is 6.88. The summed E-state index contributed by atoms with van der Waals surface area (Å²) in [5, 5.41) is 46.4. The number of aliphatic hydroxyl groups is 3. The van der Waals surface area contributed by atoms with Crippen LogP contribution in [0.4, 0.5) is 5.69 Å². The van der Waals surface area contributed by atoms with Gasteiger partial charge in [-0.15, -0.1) is 0 Å². The highest BCUT2D eigenvalue weighted by Gasteiger charge is 2.63. The number of anilines is 1. The van der Waals surface area contributed by atoms with E-state index in [1.54, 1.807) is 14.1 Å². The molecule has 3 aliphatic carbocycles. The normalized spacial score (nSPS) is 28.4. The van der Waals surface area contributed by atoms with Crippen LogP contribution in [0.5, 0.6) is 5.75 Å². The van der Waals surface area contributed by atoms with Crippen molar-refractivity contribution in [1.29, 1.82) is 0 Å². The summed E-state index contributed by atoms with van der Waals surface area (Å²) in [4.78, 5) is 51.1. The molecular weight excluding hydrogens is 561 g/mol. The van der Waals surface area contributed by atoms with Crippen LogP contribution in [-0.4, -0.2) is 74.9 Å². The molecule has 34 heavy (non-hydrogen) atoms. The molecule has 11 nitrogen and oxygen atoms in total. The number of amides is 2. The maximum atomic E-state index is 13.5. The number of fused-ring (bicyclic) bond motifs is 3. The van der Waals surface area contributed by atoms with Gasteiger partial charge in [0.15, 0.2) is 17.1 Å². The van der Waals surface area contributed by atoms with Crippen molar-refractivity contribution in [3.63, 3.8) is 0 Å². The van der Waals surface area contributed by atoms with Crippen LogP contribution in [0.2, 0.25) is 0 Å². The van der Waals surface area contributed by atoms with Gasteiger partial charge in [-0.1, -0.05) is 0 Å². The third kappa shape index (κ3) is 3.08. The Morgan fingerprint density at radius 3 is 2.50 bits per heavy atom. The quantitative estimate of drug-likeness (QED) is 0.125. The lowest BCUT2D eigenvalue weighted by Gasteiger charge is -2.50. The van der Waals surface area contributed by atoms with E-state index in [2.05, 4.69) is 5.32 Å². The van der Waals surface area contributed by atoms with Gasteiger partial charge in [-0.05, 0) is 67.1 Å². The topological polar surface area (TPSA) is 190 Å². The zero-order chi connectivity index (χ0) is 25.3. The molecule has 12 heteroatoms. The summed E-state index contributed by atoms with van der Waals surface area (Å²) in [6, 6.07) is 0.460. The minimum absolute atomic E-state index is 0.0109. The number of halogens is 1. The van der Waals surface area contributed by atoms with Crippen LogP contribution >= 0.6 is 22.6 Å². The molecule has 0 fully saturated rings. The van der Waals surface area contributed by atoms with E-state index in [0.29, 0.717) is 15.5 Å². The number of benzene rings is 1. The maximum absolute atomic E-state index is 13.5. The Morgan fingerprint density at radius 2 is 1.94 bits per heavy atom. The second-order valence-electron chi connectivity index (χ2n) is 8.83. The molecule has 1 aromatic rings. The van der Waals surface area contributed by atoms with E-state index in [-0.39, 0.29) is 29.7 Å². The fourth-order valence-corrected chi connectivity index (χ4v) is 6.25. The molecule has 0 saturated carbocycles. The number of aromatic hydroxyl groups is 1. The van der Waals surface area contributed by atoms with Crippen LogP contribution in [0, 0.1) is 15.4 Å². The van der Waals surface area contributed by atoms with Gasteiger partial charge in [0.25, 0.3) is 5.91 Å². The lowest BCUT2D eigenvalue weighted by Crippen LogP contribution is -2.63. The third-order valence-corrected chi connectivity index (χ3v) is 7.85. The van der Waals surface area contributed by atoms with Crippen molar-refractivity contribution in [2.45, 2.75) is 24.5 Å². The van der Waals surface area contributed by atoms with E-state index in [9.17, 15) is 39.6 Å². The van der Waals surface area contributed by atoms with Gasteiger partial charge in [-0.2, -0.15) is 0 Å². The summed E-state index contributed by atoms with van der Waals surface area (Å²) in [7, 11) is 3.13. The Bertz CT molecular complexity index is 1240. The van der Waals surface area contributed by atoms with Gasteiger partial charge in [0.1, 0.15) is 17.1 Å². The van der Waals surface area contributed by atoms with Crippen LogP contribution in [0.25, 0.3) is 0 Å². The molecule has 0 bridgehead atoms. The fraction of sp³-hybridized carbons (Fsp3) is 0.364. The van der Waals surface area contributed by atoms with Crippen molar-refractivity contribution in [2.24, 2.45) is 17.6 Å². The molecular formula is C22H22IN3O8. The number of allylic oxidation sites excluding steroid dienone is 1. The van der Waals surface area contributed by atoms with Crippen molar-refractivity contribution in [3.05, 3.63) is 43.4 Å². The number of phenolic OH excluding ortho intramolecular Hbond substituents is 1. The number of Topliss-reactive ketones (excluding diaryl/α,β-unsaturated/α-hetero) is 2. The van der Waals surface area contributed by atoms with Crippen molar-refractivity contribution in [2.75, 3.05) is 19.4 Å². The molecule has 180 valence electrons. The van der Waals surface area contributed by atoms with E-state index in [0.717, 1.165) is 0 Å². The molecule has 3 aliphatic rings. The molecule has 4 atom stereocenters. The largest absolute Gasteiger partial charge is 0.510 e. The predicted octanol–water partition coefficient (Wildman–Crippen LogP) is 0.294. The van der Waals surface area contributed by atoms with Gasteiger partial charge in [0, 0.05) is 15.1 Å². The number of carbonyl (C=O) groups excluding carboxylic acids is 4. The Labute approximate surface area is 207 Å². The van der Waals surface area contributed by atoms with Crippen LogP contribution < -0.4 is 11.1 Å². The van der Waals surface area contributed by atoms with E-state index in [4.69, 9.17) is 5.73 Å². The van der Waals surface area contributed by atoms with Gasteiger partial charge < -0.3 is 31.5 Å². The lowest BCUT2D eigenvalue weighted by molar-refractivity contribution is -0.148. The number of nitrogens with one attached hydrogen (secondary N) is 1. The van der Waals surface area contributed by atoms with Crippen LogP contribution in [0.3, 0.4) is 0 Å². The zero-order valence-electron chi connectivity index (χ0n) is 18.1. The highest BCUT2D eigenvalue weighted by atomic mass is 127. The summed E-state index contributed by atoms with van der Waals surface area (Å²) in [5.74, 6) is -7.17. The molecule has 2 unspecified atom stereocenters. The molecule has 0 aliphatic heterocycles. The number of primary amides is 1. The number of rotatable bonds is 4. The molecule has 7 N–H and O–H groups in total. The SMILES string of the molecule is CN(C)[C@@H]1C(O)=C(C(N)=O)C(=O)[C@@]2(O)C(O)=C3C(=O)c4c(O)c(NC=O)cc(I)c4CC3CC12. The van der Waals surface area contributed by atoms with E-state index in [1.807, 2.05) is 22.6 Å². The van der Waals surface area contributed by atoms with Crippen molar-refractivity contribution < 1.29 is 39.6 Å². The first-order valence-corrected chi connectivity index (χ1v) is 11.3. The number of phenols is 1. The summed E-state index contributed by atoms with van der Waals surface area (Å²) in [6.45, 7) is 0. The number of hydrogen-bond acceptors (Lipinski definition) is 9. The zero-order valence-corrected chi connectivity index (χ0v) is 20.3. The monoisotopic (exact) mass is 583 g/mol. The Hall–Kier alpha value is -2.97. The number of likely N-dealkylation sites (N-methyl/N-ethyl adjacent to an activating group) is 1. The van der Waals surface area contributed by atoms with Gasteiger partial charge >= 0.3 is 0 Å². The Balaban J connectivity index is 1.97. The molecule has 0 spiro atoms. The highest BCUT2D eigenvalue weighted by Crippen LogP contribution is 2.53. The summed E-state index contributed by atoms with van der Waals surface area (Å²) in [5.41, 5.74) is 1.82. The smallest absolute Gasteiger partial charge is 0.255 e. The molecule has 0 radical (unpaired) electrons. The van der Waals surface area contributed by atoms with E-state index in [1.165, 1.54) is 11.0 Å². The van der Waals surface area contributed by atoms with Crippen molar-refractivity contribution in [3.8, 4) is 5.75 Å². The highest BCUT2D eigenvalue weighted by molar-refractivity contribution is 14.1. The van der Waals surface area contributed by atoms with Crippen molar-refractivity contribution in [1.82, 2.24) is 4.90 Å². The second kappa shape index (κ2) is 8.06. The first-order chi connectivity index (χ1) is 15.9. The first-order valence-electron chi connectivity index (χ1n) is 10.3. The minimum Gasteiger partial charge on any atom is -0.510 e. The van der Waals surface area contributed by atoms with Gasteiger partial charge in [0.2, 0.25) is 12.2 Å². The standard InChI is InChI=1S/C22H22IN3O8/c1-26(2)15-9-4-7-3-8-10(23)5-11(25-6-27)16(28)13(8)17(29)12(7)19(31)22(9,34)20(32)14(18(15)30)21(24)33/h5-7,9,15,28,30-31,34H,3-4H2,1-2H3,(H2,24,33)(H,25,27)/t7?,9?,15-,22-/m0/s1. The van der Waals surface area contributed by atoms with E-state index >= 15 is 0 Å². The molecule has 0 heterocycles. The summed E-state index contributed by atoms with van der Waals surface area (Å²) < 4.78 is 0.588. The Morgan fingerprint density at radius 1 is 1.29 bits per heavy atom. The number of hydrogen-bond donors (Lipinski definition) is 6. The second-order valence-corrected chi connectivity index (χ2v) is 10.00. The number of nitrogens with two attached hydrogens (primary N) is 1. The molecule has 1 aromatic carbocycles. The van der Waals surface area contributed by atoms with Crippen LogP contribution in [0.15, 0.2) is 28.7 Å². The average Bonchev–Trinajstić information content (AvgIpc) is 2.74. The van der Waals surface area contributed by atoms with Gasteiger partial charge in [-0.3, -0.25) is 24.1 Å². The molecule has 4 rings (SSSR count). The first kappa shape index (κ1) is 24.2. The molecule has 2 amide bonds. The fourth-order valence-electron chi connectivity index (χ4n) is 5.45. The lowest BCUT2D eigenvalue weighted by atomic mass is 9.58. The molecule has 0 aromatic heterocycles. The van der Waals surface area contributed by atoms with Gasteiger partial charge in [-0.25, -0.2) is 0 Å². The summed E-state index contributed by atoms with van der Waals surface area (Å²) in [6.07, 6.45) is 0.531. The number of aliphatic hydroxyl groups excluding tert-OH is 2. The average molecular weight is 583 g/mol. The number of carbonyl (C=O) groups is 4. The van der Waals surface area contributed by atoms with E-state index < -0.39 is 63.8 Å². The number of ketones is 2. The Kier molecular flexibility index (Phi) is 5.73. The maximum Gasteiger partial charge on any atom is 0.255 e. The van der Waals surface area contributed by atoms with Crippen LogP contribution in [-0.2, 0) is 20.8 Å². The predicted molar refractivity (Wildman–Crippen MR) is 126 cm³/mol. The summed E-state index contributed by atoms with van der Waals surface area (Å²) >= 11 is 1.97. The minimum atomic E-state index is -2.69. The van der Waals surface area contributed by atoms with Gasteiger partial charge in [0.05, 0.1) is 17.3 Å². The molecule has 0 saturated heterocycles.